The van der Waals surface area contributed by atoms with Crippen LogP contribution in [0.3, 0.4) is 0 Å². The zero-order valence-electron chi connectivity index (χ0n) is 12.8. The fourth-order valence-corrected chi connectivity index (χ4v) is 2.49. The fraction of sp³-hybridized carbons (Fsp3) is 0.333. The van der Waals surface area contributed by atoms with Crippen molar-refractivity contribution in [2.45, 2.75) is 33.2 Å². The van der Waals surface area contributed by atoms with Crippen molar-refractivity contribution in [1.29, 1.82) is 0 Å². The number of ether oxygens (including phenoxy) is 1. The van der Waals surface area contributed by atoms with Crippen molar-refractivity contribution in [3.05, 3.63) is 58.6 Å². The van der Waals surface area contributed by atoms with Gasteiger partial charge < -0.3 is 10.1 Å². The Morgan fingerprint density at radius 3 is 2.43 bits per heavy atom. The molecule has 2 aromatic carbocycles. The summed E-state index contributed by atoms with van der Waals surface area (Å²) in [4.78, 5) is 0. The zero-order chi connectivity index (χ0) is 15.2. The first-order valence-corrected chi connectivity index (χ1v) is 7.79. The number of rotatable bonds is 6. The van der Waals surface area contributed by atoms with Crippen molar-refractivity contribution < 1.29 is 4.74 Å². The lowest BCUT2D eigenvalue weighted by atomic mass is 10.0. The Balaban J connectivity index is 2.13. The Morgan fingerprint density at radius 1 is 1.10 bits per heavy atom. The molecular formula is C18H22ClNO. The normalized spacial score (nSPS) is 12.2. The average molecular weight is 304 g/mol. The third-order valence-electron chi connectivity index (χ3n) is 3.52. The Bertz CT molecular complexity index is 580. The molecule has 0 radical (unpaired) electrons. The lowest BCUT2D eigenvalue weighted by Gasteiger charge is -2.17. The Labute approximate surface area is 132 Å². The van der Waals surface area contributed by atoms with Gasteiger partial charge in [-0.2, -0.15) is 0 Å². The van der Waals surface area contributed by atoms with Crippen LogP contribution in [0.25, 0.3) is 0 Å². The standard InChI is InChI=1S/C18H22ClNO/c1-4-17(20-5-2)14-7-10-16(11-8-14)21-18-12-15(19)9-6-13(18)3/h6-12,17,20H,4-5H2,1-3H3. The van der Waals surface area contributed by atoms with Gasteiger partial charge in [-0.15, -0.1) is 0 Å². The van der Waals surface area contributed by atoms with Gasteiger partial charge in [-0.3, -0.25) is 0 Å². The topological polar surface area (TPSA) is 21.3 Å². The highest BCUT2D eigenvalue weighted by molar-refractivity contribution is 6.30. The fourth-order valence-electron chi connectivity index (χ4n) is 2.32. The molecule has 1 atom stereocenters. The van der Waals surface area contributed by atoms with E-state index in [0.29, 0.717) is 11.1 Å². The van der Waals surface area contributed by atoms with Gasteiger partial charge in [0, 0.05) is 11.1 Å². The van der Waals surface area contributed by atoms with E-state index in [1.54, 1.807) is 0 Å². The van der Waals surface area contributed by atoms with E-state index in [0.717, 1.165) is 30.0 Å². The summed E-state index contributed by atoms with van der Waals surface area (Å²) < 4.78 is 5.91. The minimum atomic E-state index is 0.400. The second-order valence-corrected chi connectivity index (χ2v) is 5.54. The van der Waals surface area contributed by atoms with Crippen LogP contribution in [0, 0.1) is 6.92 Å². The minimum absolute atomic E-state index is 0.400. The van der Waals surface area contributed by atoms with Crippen molar-refractivity contribution in [2.75, 3.05) is 6.54 Å². The summed E-state index contributed by atoms with van der Waals surface area (Å²) in [7, 11) is 0. The third-order valence-corrected chi connectivity index (χ3v) is 3.75. The Hall–Kier alpha value is -1.51. The highest BCUT2D eigenvalue weighted by Gasteiger charge is 2.08. The zero-order valence-corrected chi connectivity index (χ0v) is 13.6. The van der Waals surface area contributed by atoms with Gasteiger partial charge in [-0.1, -0.05) is 43.6 Å². The summed E-state index contributed by atoms with van der Waals surface area (Å²) in [5.41, 5.74) is 2.36. The molecule has 0 aliphatic carbocycles. The molecule has 2 aromatic rings. The molecule has 21 heavy (non-hydrogen) atoms. The van der Waals surface area contributed by atoms with Crippen LogP contribution in [-0.2, 0) is 0 Å². The van der Waals surface area contributed by atoms with Crippen LogP contribution in [0.2, 0.25) is 5.02 Å². The average Bonchev–Trinajstić information content (AvgIpc) is 2.49. The van der Waals surface area contributed by atoms with Gasteiger partial charge in [0.05, 0.1) is 0 Å². The highest BCUT2D eigenvalue weighted by atomic mass is 35.5. The number of hydrogen-bond acceptors (Lipinski definition) is 2. The number of halogens is 1. The summed E-state index contributed by atoms with van der Waals surface area (Å²) in [6.45, 7) is 7.30. The number of nitrogens with one attached hydrogen (secondary N) is 1. The van der Waals surface area contributed by atoms with Gasteiger partial charge in [0.2, 0.25) is 0 Å². The van der Waals surface area contributed by atoms with Crippen molar-refractivity contribution >= 4 is 11.6 Å². The quantitative estimate of drug-likeness (QED) is 0.760. The molecule has 1 unspecified atom stereocenters. The van der Waals surface area contributed by atoms with E-state index >= 15 is 0 Å². The molecule has 2 nitrogen and oxygen atoms in total. The minimum Gasteiger partial charge on any atom is -0.457 e. The number of benzene rings is 2. The number of hydrogen-bond donors (Lipinski definition) is 1. The second kappa shape index (κ2) is 7.48. The molecule has 0 aliphatic rings. The molecular weight excluding hydrogens is 282 g/mol. The lowest BCUT2D eigenvalue weighted by Crippen LogP contribution is -2.19. The molecule has 0 aliphatic heterocycles. The molecule has 2 rings (SSSR count). The summed E-state index contributed by atoms with van der Waals surface area (Å²) in [6.07, 6.45) is 1.07. The number of aryl methyl sites for hydroxylation is 1. The molecule has 0 aromatic heterocycles. The predicted octanol–water partition coefficient (Wildman–Crippen LogP) is 5.50. The van der Waals surface area contributed by atoms with Gasteiger partial charge in [-0.05, 0) is 55.3 Å². The highest BCUT2D eigenvalue weighted by Crippen LogP contribution is 2.29. The molecule has 0 bridgehead atoms. The van der Waals surface area contributed by atoms with E-state index in [-0.39, 0.29) is 0 Å². The van der Waals surface area contributed by atoms with Gasteiger partial charge in [0.1, 0.15) is 11.5 Å². The van der Waals surface area contributed by atoms with Crippen LogP contribution < -0.4 is 10.1 Å². The van der Waals surface area contributed by atoms with E-state index in [1.165, 1.54) is 5.56 Å². The molecule has 0 heterocycles. The Morgan fingerprint density at radius 2 is 1.81 bits per heavy atom. The largest absolute Gasteiger partial charge is 0.457 e. The monoisotopic (exact) mass is 303 g/mol. The second-order valence-electron chi connectivity index (χ2n) is 5.10. The summed E-state index contributed by atoms with van der Waals surface area (Å²) in [5, 5.41) is 4.16. The van der Waals surface area contributed by atoms with Crippen molar-refractivity contribution in [3.63, 3.8) is 0 Å². The van der Waals surface area contributed by atoms with E-state index < -0.39 is 0 Å². The predicted molar refractivity (Wildman–Crippen MR) is 89.4 cm³/mol. The molecule has 3 heteroatoms. The van der Waals surface area contributed by atoms with E-state index in [4.69, 9.17) is 16.3 Å². The van der Waals surface area contributed by atoms with Crippen molar-refractivity contribution in [1.82, 2.24) is 5.32 Å². The smallest absolute Gasteiger partial charge is 0.131 e. The molecule has 1 N–H and O–H groups in total. The van der Waals surface area contributed by atoms with Crippen molar-refractivity contribution in [2.24, 2.45) is 0 Å². The molecule has 0 fully saturated rings. The van der Waals surface area contributed by atoms with Crippen LogP contribution in [-0.4, -0.2) is 6.54 Å². The van der Waals surface area contributed by atoms with Crippen LogP contribution >= 0.6 is 11.6 Å². The maximum atomic E-state index is 6.02. The maximum Gasteiger partial charge on any atom is 0.131 e. The van der Waals surface area contributed by atoms with Crippen molar-refractivity contribution in [3.8, 4) is 11.5 Å². The van der Waals surface area contributed by atoms with E-state index in [1.807, 2.05) is 37.3 Å². The first-order valence-electron chi connectivity index (χ1n) is 7.41. The van der Waals surface area contributed by atoms with E-state index in [2.05, 4.69) is 31.3 Å². The molecule has 0 saturated heterocycles. The first kappa shape index (κ1) is 15.9. The van der Waals surface area contributed by atoms with E-state index in [9.17, 15) is 0 Å². The van der Waals surface area contributed by atoms with Gasteiger partial charge in [0.15, 0.2) is 0 Å². The molecule has 0 amide bonds. The van der Waals surface area contributed by atoms with Gasteiger partial charge in [-0.25, -0.2) is 0 Å². The first-order chi connectivity index (χ1) is 10.1. The van der Waals surface area contributed by atoms with Gasteiger partial charge in [0.25, 0.3) is 0 Å². The summed E-state index contributed by atoms with van der Waals surface area (Å²) in [6, 6.07) is 14.3. The molecule has 112 valence electrons. The van der Waals surface area contributed by atoms with Crippen LogP contribution in [0.5, 0.6) is 11.5 Å². The summed E-state index contributed by atoms with van der Waals surface area (Å²) in [5.74, 6) is 1.63. The van der Waals surface area contributed by atoms with Crippen LogP contribution in [0.15, 0.2) is 42.5 Å². The molecule has 0 saturated carbocycles. The van der Waals surface area contributed by atoms with Crippen LogP contribution in [0.4, 0.5) is 0 Å². The van der Waals surface area contributed by atoms with Gasteiger partial charge >= 0.3 is 0 Å². The SMILES string of the molecule is CCNC(CC)c1ccc(Oc2cc(Cl)ccc2C)cc1. The maximum absolute atomic E-state index is 6.02. The lowest BCUT2D eigenvalue weighted by molar-refractivity contribution is 0.477. The molecule has 0 spiro atoms. The summed E-state index contributed by atoms with van der Waals surface area (Å²) >= 11 is 6.02. The third kappa shape index (κ3) is 4.23. The van der Waals surface area contributed by atoms with Crippen LogP contribution in [0.1, 0.15) is 37.4 Å². The Kier molecular flexibility index (Phi) is 5.66.